The zero-order chi connectivity index (χ0) is 20.4. The highest BCUT2D eigenvalue weighted by Crippen LogP contribution is 2.24. The number of para-hydroxylation sites is 1. The zero-order valence-electron chi connectivity index (χ0n) is 17.3. The number of aromatic nitrogens is 3. The molecule has 0 spiro atoms. The van der Waals surface area contributed by atoms with Crippen LogP contribution < -0.4 is 15.4 Å². The van der Waals surface area contributed by atoms with Crippen molar-refractivity contribution in [2.45, 2.75) is 32.9 Å². The van der Waals surface area contributed by atoms with Crippen molar-refractivity contribution >= 4 is 41.5 Å². The van der Waals surface area contributed by atoms with E-state index in [1.165, 1.54) is 0 Å². The zero-order valence-corrected chi connectivity index (χ0v) is 20.4. The van der Waals surface area contributed by atoms with Gasteiger partial charge in [-0.15, -0.1) is 34.2 Å². The molecule has 2 N–H and O–H groups in total. The molecule has 0 amide bonds. The van der Waals surface area contributed by atoms with Crippen LogP contribution in [0.15, 0.2) is 29.3 Å². The third kappa shape index (κ3) is 8.35. The smallest absolute Gasteiger partial charge is 0.191 e. The van der Waals surface area contributed by atoms with Gasteiger partial charge in [-0.1, -0.05) is 30.7 Å². The minimum absolute atomic E-state index is 0. The second-order valence-electron chi connectivity index (χ2n) is 6.27. The molecule has 10 heteroatoms. The molecule has 1 aromatic carbocycles. The second kappa shape index (κ2) is 13.6. The van der Waals surface area contributed by atoms with E-state index < -0.39 is 0 Å². The van der Waals surface area contributed by atoms with Crippen LogP contribution in [-0.4, -0.2) is 53.6 Å². The van der Waals surface area contributed by atoms with Crippen LogP contribution >= 0.6 is 35.6 Å². The number of aliphatic imine (C=N–C) groups is 1. The Labute approximate surface area is 194 Å². The molecule has 1 atom stereocenters. The summed E-state index contributed by atoms with van der Waals surface area (Å²) >= 11 is 6.20. The van der Waals surface area contributed by atoms with Gasteiger partial charge < -0.3 is 24.7 Å². The summed E-state index contributed by atoms with van der Waals surface area (Å²) in [5.41, 5.74) is 0. The highest BCUT2D eigenvalue weighted by atomic mass is 127. The maximum atomic E-state index is 6.20. The van der Waals surface area contributed by atoms with Crippen LogP contribution in [-0.2, 0) is 18.3 Å². The molecule has 1 unspecified atom stereocenters. The summed E-state index contributed by atoms with van der Waals surface area (Å²) in [7, 11) is 3.59. The molecule has 0 aliphatic carbocycles. The molecular weight excluding hydrogens is 507 g/mol. The van der Waals surface area contributed by atoms with Gasteiger partial charge in [0.1, 0.15) is 24.2 Å². The first-order valence-electron chi connectivity index (χ1n) is 9.32. The summed E-state index contributed by atoms with van der Waals surface area (Å²) in [6.07, 6.45) is 0.776. The fourth-order valence-corrected chi connectivity index (χ4v) is 2.56. The van der Waals surface area contributed by atoms with E-state index in [1.807, 2.05) is 42.8 Å². The molecule has 0 saturated carbocycles. The maximum Gasteiger partial charge on any atom is 0.191 e. The van der Waals surface area contributed by atoms with Crippen molar-refractivity contribution < 1.29 is 9.47 Å². The lowest BCUT2D eigenvalue weighted by molar-refractivity contribution is 0.197. The van der Waals surface area contributed by atoms with E-state index >= 15 is 0 Å². The Morgan fingerprint density at radius 3 is 2.66 bits per heavy atom. The van der Waals surface area contributed by atoms with Crippen LogP contribution in [0.2, 0.25) is 5.02 Å². The lowest BCUT2D eigenvalue weighted by Crippen LogP contribution is -2.43. The second-order valence-corrected chi connectivity index (χ2v) is 6.67. The Bertz CT molecular complexity index is 771. The molecular formula is C19H30ClIN6O2. The Morgan fingerprint density at radius 2 is 2.03 bits per heavy atom. The number of guanidine groups is 1. The molecule has 162 valence electrons. The number of nitrogens with one attached hydrogen (secondary N) is 2. The molecule has 0 aliphatic heterocycles. The summed E-state index contributed by atoms with van der Waals surface area (Å²) in [4.78, 5) is 4.60. The Kier molecular flexibility index (Phi) is 11.9. The molecule has 2 aromatic rings. The number of halogens is 2. The van der Waals surface area contributed by atoms with E-state index in [1.54, 1.807) is 7.11 Å². The van der Waals surface area contributed by atoms with Gasteiger partial charge in [0, 0.05) is 20.7 Å². The lowest BCUT2D eigenvalue weighted by Gasteiger charge is -2.20. The molecule has 1 heterocycles. The number of hydrogen-bond donors (Lipinski definition) is 2. The van der Waals surface area contributed by atoms with Crippen molar-refractivity contribution in [3.63, 3.8) is 0 Å². The first kappa shape index (κ1) is 25.4. The summed E-state index contributed by atoms with van der Waals surface area (Å²) < 4.78 is 13.1. The SMILES string of the molecule is CCC(CNC(=NCc1nnc(C)n1C)NCCOC)Oc1ccccc1Cl.I. The minimum Gasteiger partial charge on any atom is -0.487 e. The Balaban J connectivity index is 0.00000420. The van der Waals surface area contributed by atoms with E-state index in [9.17, 15) is 0 Å². The minimum atomic E-state index is -0.0496. The van der Waals surface area contributed by atoms with Crippen LogP contribution in [0.4, 0.5) is 0 Å². The van der Waals surface area contributed by atoms with E-state index in [-0.39, 0.29) is 30.1 Å². The van der Waals surface area contributed by atoms with Gasteiger partial charge >= 0.3 is 0 Å². The molecule has 8 nitrogen and oxygen atoms in total. The van der Waals surface area contributed by atoms with E-state index in [2.05, 4.69) is 32.7 Å². The molecule has 0 fully saturated rings. The van der Waals surface area contributed by atoms with Crippen molar-refractivity contribution in [3.05, 3.63) is 40.9 Å². The molecule has 0 radical (unpaired) electrons. The van der Waals surface area contributed by atoms with E-state index in [0.717, 1.165) is 18.1 Å². The number of rotatable bonds is 10. The lowest BCUT2D eigenvalue weighted by atomic mass is 10.2. The molecule has 0 bridgehead atoms. The van der Waals surface area contributed by atoms with Crippen molar-refractivity contribution in [2.75, 3.05) is 26.8 Å². The Hall–Kier alpha value is -1.59. The number of methoxy groups -OCH3 is 1. The summed E-state index contributed by atoms with van der Waals surface area (Å²) in [6.45, 7) is 6.20. The third-order valence-electron chi connectivity index (χ3n) is 4.24. The third-order valence-corrected chi connectivity index (χ3v) is 4.56. The van der Waals surface area contributed by atoms with Crippen molar-refractivity contribution in [1.29, 1.82) is 0 Å². The largest absolute Gasteiger partial charge is 0.487 e. The number of benzene rings is 1. The molecule has 0 aliphatic rings. The van der Waals surface area contributed by atoms with Gasteiger partial charge in [-0.2, -0.15) is 0 Å². The normalized spacial score (nSPS) is 12.2. The van der Waals surface area contributed by atoms with Crippen molar-refractivity contribution in [2.24, 2.45) is 12.0 Å². The van der Waals surface area contributed by atoms with Crippen LogP contribution in [0.1, 0.15) is 25.0 Å². The van der Waals surface area contributed by atoms with Gasteiger partial charge in [0.25, 0.3) is 0 Å². The fraction of sp³-hybridized carbons (Fsp3) is 0.526. The van der Waals surface area contributed by atoms with Gasteiger partial charge in [-0.3, -0.25) is 0 Å². The number of ether oxygens (including phenoxy) is 2. The van der Waals surface area contributed by atoms with Gasteiger partial charge in [0.05, 0.1) is 18.2 Å². The quantitative estimate of drug-likeness (QED) is 0.210. The summed E-state index contributed by atoms with van der Waals surface area (Å²) in [6, 6.07) is 7.48. The highest BCUT2D eigenvalue weighted by Gasteiger charge is 2.12. The fourth-order valence-electron chi connectivity index (χ4n) is 2.38. The van der Waals surface area contributed by atoms with Crippen LogP contribution in [0.25, 0.3) is 0 Å². The average Bonchev–Trinajstić information content (AvgIpc) is 3.02. The average molecular weight is 537 g/mol. The molecule has 29 heavy (non-hydrogen) atoms. The van der Waals surface area contributed by atoms with Crippen molar-refractivity contribution in [3.8, 4) is 5.75 Å². The van der Waals surface area contributed by atoms with Crippen LogP contribution in [0.5, 0.6) is 5.75 Å². The number of nitrogens with zero attached hydrogens (tertiary/aromatic N) is 4. The highest BCUT2D eigenvalue weighted by molar-refractivity contribution is 14.0. The first-order chi connectivity index (χ1) is 13.5. The predicted molar refractivity (Wildman–Crippen MR) is 126 cm³/mol. The van der Waals surface area contributed by atoms with Gasteiger partial charge in [0.2, 0.25) is 0 Å². The molecule has 2 rings (SSSR count). The number of hydrogen-bond acceptors (Lipinski definition) is 5. The van der Waals surface area contributed by atoms with Gasteiger partial charge in [-0.25, -0.2) is 4.99 Å². The summed E-state index contributed by atoms with van der Waals surface area (Å²) in [5, 5.41) is 15.4. The van der Waals surface area contributed by atoms with E-state index in [4.69, 9.17) is 21.1 Å². The van der Waals surface area contributed by atoms with E-state index in [0.29, 0.717) is 43.0 Å². The number of aryl methyl sites for hydroxylation is 1. The predicted octanol–water partition coefficient (Wildman–Crippen LogP) is 2.93. The van der Waals surface area contributed by atoms with Gasteiger partial charge in [0.15, 0.2) is 11.8 Å². The van der Waals surface area contributed by atoms with Gasteiger partial charge in [-0.05, 0) is 25.5 Å². The molecule has 1 aromatic heterocycles. The monoisotopic (exact) mass is 536 g/mol. The van der Waals surface area contributed by atoms with Crippen molar-refractivity contribution in [1.82, 2.24) is 25.4 Å². The first-order valence-corrected chi connectivity index (χ1v) is 9.70. The van der Waals surface area contributed by atoms with Crippen LogP contribution in [0, 0.1) is 6.92 Å². The summed E-state index contributed by atoms with van der Waals surface area (Å²) in [5.74, 6) is 2.99. The van der Waals surface area contributed by atoms with Crippen LogP contribution in [0.3, 0.4) is 0 Å². The topological polar surface area (TPSA) is 85.6 Å². The molecule has 0 saturated heterocycles. The Morgan fingerprint density at radius 1 is 1.28 bits per heavy atom. The maximum absolute atomic E-state index is 6.20. The standard InChI is InChI=1S/C19H29ClN6O2.HI/c1-5-15(28-17-9-7-6-8-16(17)20)12-22-19(21-10-11-27-4)23-13-18-25-24-14(2)26(18)3;/h6-9,15H,5,10-13H2,1-4H3,(H2,21,22,23);1H.